The second-order valence-corrected chi connectivity index (χ2v) is 11.0. The summed E-state index contributed by atoms with van der Waals surface area (Å²) in [6.45, 7) is 6.07. The summed E-state index contributed by atoms with van der Waals surface area (Å²) in [5, 5.41) is 9.42. The molecule has 0 saturated heterocycles. The van der Waals surface area contributed by atoms with Gasteiger partial charge in [-0.25, -0.2) is 0 Å². The van der Waals surface area contributed by atoms with Crippen molar-refractivity contribution in [2.24, 2.45) is 0 Å². The number of para-hydroxylation sites is 1. The number of aromatic nitrogens is 2. The maximum Gasteiger partial charge on any atom is 0.132 e. The quantitative estimate of drug-likeness (QED) is 0.218. The molecule has 2 aliphatic rings. The van der Waals surface area contributed by atoms with Gasteiger partial charge >= 0.3 is 0 Å². The minimum absolute atomic E-state index is 0.507. The number of rotatable bonds is 4. The molecule has 1 aliphatic heterocycles. The summed E-state index contributed by atoms with van der Waals surface area (Å²) in [5.41, 5.74) is 12.6. The number of hydrogen-bond acceptors (Lipinski definition) is 3. The molecule has 2 heterocycles. The van der Waals surface area contributed by atoms with Crippen molar-refractivity contribution in [3.8, 4) is 45.1 Å². The molecule has 204 valence electrons. The van der Waals surface area contributed by atoms with Crippen LogP contribution in [0.25, 0.3) is 45.8 Å². The first-order valence-electron chi connectivity index (χ1n) is 14.6. The Morgan fingerprint density at radius 2 is 1.23 bits per heavy atom. The molecular weight excluding hydrogens is 524 g/mol. The number of allylic oxidation sites excluding steroid dienone is 1. The largest absolute Gasteiger partial charge is 0.457 e. The minimum atomic E-state index is -0.507. The number of nitrogens with zero attached hydrogens (tertiary/aromatic N) is 2. The van der Waals surface area contributed by atoms with Gasteiger partial charge in [0, 0.05) is 22.3 Å². The van der Waals surface area contributed by atoms with Crippen LogP contribution in [0.2, 0.25) is 0 Å². The molecule has 1 aromatic heterocycles. The summed E-state index contributed by atoms with van der Waals surface area (Å²) in [5.74, 6) is 1.74. The predicted octanol–water partition coefficient (Wildman–Crippen LogP) is 9.96. The molecule has 0 unspecified atom stereocenters. The molecule has 5 aromatic carbocycles. The van der Waals surface area contributed by atoms with Crippen molar-refractivity contribution < 1.29 is 4.74 Å². The Balaban J connectivity index is 1.31. The van der Waals surface area contributed by atoms with Gasteiger partial charge in [-0.3, -0.25) is 0 Å². The van der Waals surface area contributed by atoms with Gasteiger partial charge < -0.3 is 4.74 Å². The van der Waals surface area contributed by atoms with E-state index in [0.717, 1.165) is 56.3 Å². The van der Waals surface area contributed by atoms with Crippen molar-refractivity contribution in [1.29, 1.82) is 0 Å². The molecule has 0 amide bonds. The van der Waals surface area contributed by atoms with Crippen LogP contribution in [0.5, 0.6) is 11.5 Å². The molecule has 3 heteroatoms. The van der Waals surface area contributed by atoms with E-state index in [0.29, 0.717) is 0 Å². The van der Waals surface area contributed by atoms with E-state index in [2.05, 4.69) is 116 Å². The van der Waals surface area contributed by atoms with Gasteiger partial charge in [-0.05, 0) is 76.7 Å². The van der Waals surface area contributed by atoms with E-state index in [1.165, 1.54) is 22.3 Å². The van der Waals surface area contributed by atoms with E-state index in [1.807, 2.05) is 37.3 Å². The van der Waals surface area contributed by atoms with Gasteiger partial charge in [-0.15, -0.1) is 10.2 Å². The molecule has 0 saturated carbocycles. The van der Waals surface area contributed by atoms with Crippen molar-refractivity contribution in [3.05, 3.63) is 167 Å². The van der Waals surface area contributed by atoms with Gasteiger partial charge in [0.2, 0.25) is 0 Å². The number of hydrogen-bond donors (Lipinski definition) is 0. The van der Waals surface area contributed by atoms with E-state index in [4.69, 9.17) is 14.9 Å². The van der Waals surface area contributed by atoms with Crippen LogP contribution in [0.15, 0.2) is 134 Å². The van der Waals surface area contributed by atoms with Gasteiger partial charge in [0.25, 0.3) is 0 Å². The van der Waals surface area contributed by atoms with Gasteiger partial charge in [0.1, 0.15) is 11.5 Å². The van der Waals surface area contributed by atoms with Gasteiger partial charge in [-0.2, -0.15) is 0 Å². The normalized spacial score (nSPS) is 13.6. The van der Waals surface area contributed by atoms with Gasteiger partial charge in [0.05, 0.1) is 16.8 Å². The highest BCUT2D eigenvalue weighted by molar-refractivity contribution is 5.89. The summed E-state index contributed by atoms with van der Waals surface area (Å²) >= 11 is 0. The summed E-state index contributed by atoms with van der Waals surface area (Å²) in [7, 11) is 0. The van der Waals surface area contributed by atoms with Crippen LogP contribution in [0, 0.1) is 0 Å². The average molecular weight is 553 g/mol. The lowest BCUT2D eigenvalue weighted by atomic mass is 9.66. The zero-order valence-corrected chi connectivity index (χ0v) is 23.8. The van der Waals surface area contributed by atoms with E-state index < -0.39 is 5.41 Å². The lowest BCUT2D eigenvalue weighted by Crippen LogP contribution is -2.32. The summed E-state index contributed by atoms with van der Waals surface area (Å²) in [6.07, 6.45) is 6.01. The van der Waals surface area contributed by atoms with Crippen molar-refractivity contribution >= 4 is 12.2 Å². The van der Waals surface area contributed by atoms with Crippen LogP contribution in [0.1, 0.15) is 40.3 Å². The highest BCUT2D eigenvalue weighted by atomic mass is 16.5. The van der Waals surface area contributed by atoms with E-state index >= 15 is 0 Å². The van der Waals surface area contributed by atoms with Crippen LogP contribution < -0.4 is 4.74 Å². The second-order valence-electron chi connectivity index (χ2n) is 11.0. The Morgan fingerprint density at radius 3 is 1.93 bits per heavy atom. The fourth-order valence-electron chi connectivity index (χ4n) is 7.00. The SMILES string of the molecule is C=Cc1c(/C=C\C)cccc1-c1ccc(-c2ccc3c(c2)C2(c4ccccc4O3)c3ccccc3-c3ccccc32)nn1. The van der Waals surface area contributed by atoms with Crippen LogP contribution in [-0.2, 0) is 5.41 Å². The summed E-state index contributed by atoms with van der Waals surface area (Å²) < 4.78 is 6.57. The molecule has 1 spiro atoms. The van der Waals surface area contributed by atoms with E-state index in [9.17, 15) is 0 Å². The minimum Gasteiger partial charge on any atom is -0.457 e. The number of fused-ring (bicyclic) bond motifs is 9. The molecule has 6 aromatic rings. The fraction of sp³-hybridized carbons (Fsp3) is 0.0500. The van der Waals surface area contributed by atoms with E-state index in [1.54, 1.807) is 0 Å². The second kappa shape index (κ2) is 9.78. The van der Waals surface area contributed by atoms with Crippen LogP contribution in [0.4, 0.5) is 0 Å². The molecule has 0 bridgehead atoms. The molecule has 0 N–H and O–H groups in total. The first-order valence-corrected chi connectivity index (χ1v) is 14.6. The average Bonchev–Trinajstić information content (AvgIpc) is 3.36. The molecule has 43 heavy (non-hydrogen) atoms. The van der Waals surface area contributed by atoms with Gasteiger partial charge in [0.15, 0.2) is 0 Å². The molecule has 1 aliphatic carbocycles. The topological polar surface area (TPSA) is 35.0 Å². The van der Waals surface area contributed by atoms with Crippen molar-refractivity contribution in [2.45, 2.75) is 12.3 Å². The fourth-order valence-corrected chi connectivity index (χ4v) is 7.00. The standard InChI is InChI=1S/C40H28N2O/c1-3-12-26-13-11-16-31(28(26)4-2)37-23-22-36(41-42-37)27-21-24-39-35(25-27)40(34-19-9-10-20-38(34)43-39)32-17-7-5-14-29(32)30-15-6-8-18-33(30)40/h3-25H,2H2,1H3/b12-3-. The Morgan fingerprint density at radius 1 is 0.605 bits per heavy atom. The monoisotopic (exact) mass is 552 g/mol. The maximum absolute atomic E-state index is 6.57. The Bertz CT molecular complexity index is 2040. The zero-order valence-electron chi connectivity index (χ0n) is 23.8. The summed E-state index contributed by atoms with van der Waals surface area (Å²) in [6, 6.07) is 42.7. The highest BCUT2D eigenvalue weighted by Gasteiger charge is 2.50. The van der Waals surface area contributed by atoms with Crippen LogP contribution in [0.3, 0.4) is 0 Å². The zero-order chi connectivity index (χ0) is 29.0. The third-order valence-electron chi connectivity index (χ3n) is 8.77. The van der Waals surface area contributed by atoms with Crippen molar-refractivity contribution in [2.75, 3.05) is 0 Å². The summed E-state index contributed by atoms with van der Waals surface area (Å²) in [4.78, 5) is 0. The van der Waals surface area contributed by atoms with E-state index in [-0.39, 0.29) is 0 Å². The van der Waals surface area contributed by atoms with Crippen LogP contribution >= 0.6 is 0 Å². The smallest absolute Gasteiger partial charge is 0.132 e. The van der Waals surface area contributed by atoms with Crippen molar-refractivity contribution in [1.82, 2.24) is 10.2 Å². The third-order valence-corrected chi connectivity index (χ3v) is 8.77. The Labute approximate surface area is 251 Å². The molecule has 0 radical (unpaired) electrons. The molecule has 0 atom stereocenters. The molecule has 8 rings (SSSR count). The first-order chi connectivity index (χ1) is 21.2. The molecule has 0 fully saturated rings. The molecular formula is C40H28N2O. The maximum atomic E-state index is 6.57. The first kappa shape index (κ1) is 25.2. The highest BCUT2D eigenvalue weighted by Crippen LogP contribution is 2.62. The lowest BCUT2D eigenvalue weighted by molar-refractivity contribution is 0.436. The van der Waals surface area contributed by atoms with Gasteiger partial charge in [-0.1, -0.05) is 110 Å². The third kappa shape index (κ3) is 3.61. The van der Waals surface area contributed by atoms with Crippen LogP contribution in [-0.4, -0.2) is 10.2 Å². The Hall–Kier alpha value is -5.54. The lowest BCUT2D eigenvalue weighted by Gasteiger charge is -2.39. The predicted molar refractivity (Wildman–Crippen MR) is 175 cm³/mol. The Kier molecular flexibility index (Phi) is 5.73. The molecule has 3 nitrogen and oxygen atoms in total. The number of ether oxygens (including phenoxy) is 1. The van der Waals surface area contributed by atoms with Crippen molar-refractivity contribution in [3.63, 3.8) is 0 Å². The number of benzene rings is 5.